The fourth-order valence-electron chi connectivity index (χ4n) is 2.00. The van der Waals surface area contributed by atoms with E-state index in [1.165, 1.54) is 26.9 Å². The molecule has 0 N–H and O–H groups in total. The third kappa shape index (κ3) is 2.02. The van der Waals surface area contributed by atoms with Crippen LogP contribution in [0.5, 0.6) is 0 Å². The van der Waals surface area contributed by atoms with Crippen LogP contribution in [0.4, 0.5) is 0 Å². The molecule has 0 saturated heterocycles. The SMILES string of the molecule is Cc1ccc(Sn2cc(C)c3ccncc32)cc1. The zero-order chi connectivity index (χ0) is 12.5. The van der Waals surface area contributed by atoms with Gasteiger partial charge in [-0.25, -0.2) is 0 Å². The first-order valence-electron chi connectivity index (χ1n) is 5.91. The summed E-state index contributed by atoms with van der Waals surface area (Å²) >= 11 is 1.72. The summed E-state index contributed by atoms with van der Waals surface area (Å²) in [4.78, 5) is 5.45. The van der Waals surface area contributed by atoms with Gasteiger partial charge in [-0.3, -0.25) is 8.96 Å². The molecule has 1 aromatic carbocycles. The van der Waals surface area contributed by atoms with E-state index in [-0.39, 0.29) is 0 Å². The third-order valence-corrected chi connectivity index (χ3v) is 3.98. The fourth-order valence-corrected chi connectivity index (χ4v) is 2.94. The average molecular weight is 254 g/mol. The van der Waals surface area contributed by atoms with E-state index >= 15 is 0 Å². The lowest BCUT2D eigenvalue weighted by Gasteiger charge is -2.04. The number of fused-ring (bicyclic) bond motifs is 1. The van der Waals surface area contributed by atoms with Crippen molar-refractivity contribution in [2.24, 2.45) is 0 Å². The molecule has 3 rings (SSSR count). The Balaban J connectivity index is 2.02. The minimum absolute atomic E-state index is 1.17. The van der Waals surface area contributed by atoms with E-state index in [9.17, 15) is 0 Å². The highest BCUT2D eigenvalue weighted by Crippen LogP contribution is 2.28. The van der Waals surface area contributed by atoms with E-state index in [0.29, 0.717) is 0 Å². The Morgan fingerprint density at radius 1 is 1.06 bits per heavy atom. The summed E-state index contributed by atoms with van der Waals surface area (Å²) < 4.78 is 2.18. The van der Waals surface area contributed by atoms with Gasteiger partial charge >= 0.3 is 0 Å². The maximum Gasteiger partial charge on any atom is 0.0780 e. The number of aromatic nitrogens is 2. The maximum atomic E-state index is 4.21. The van der Waals surface area contributed by atoms with Crippen molar-refractivity contribution in [1.82, 2.24) is 8.96 Å². The van der Waals surface area contributed by atoms with E-state index in [2.05, 4.69) is 59.3 Å². The van der Waals surface area contributed by atoms with Crippen LogP contribution in [0.15, 0.2) is 53.8 Å². The van der Waals surface area contributed by atoms with Crippen LogP contribution >= 0.6 is 11.9 Å². The molecule has 3 heteroatoms. The van der Waals surface area contributed by atoms with Crippen molar-refractivity contribution in [3.63, 3.8) is 0 Å². The van der Waals surface area contributed by atoms with Gasteiger partial charge in [-0.1, -0.05) is 17.7 Å². The van der Waals surface area contributed by atoms with E-state index in [0.717, 1.165) is 0 Å². The van der Waals surface area contributed by atoms with Crippen LogP contribution in [-0.2, 0) is 0 Å². The molecule has 0 aliphatic heterocycles. The first-order valence-corrected chi connectivity index (χ1v) is 6.68. The lowest BCUT2D eigenvalue weighted by molar-refractivity contribution is 1.27. The number of rotatable bonds is 2. The van der Waals surface area contributed by atoms with Gasteiger partial charge in [-0.15, -0.1) is 0 Å². The zero-order valence-electron chi connectivity index (χ0n) is 10.4. The topological polar surface area (TPSA) is 17.8 Å². The third-order valence-electron chi connectivity index (χ3n) is 3.00. The first-order chi connectivity index (χ1) is 8.74. The molecule has 0 amide bonds. The average Bonchev–Trinajstić information content (AvgIpc) is 2.70. The van der Waals surface area contributed by atoms with Crippen molar-refractivity contribution in [2.75, 3.05) is 0 Å². The largest absolute Gasteiger partial charge is 0.285 e. The van der Waals surface area contributed by atoms with Crippen LogP contribution in [-0.4, -0.2) is 8.96 Å². The smallest absolute Gasteiger partial charge is 0.0780 e. The fraction of sp³-hybridized carbons (Fsp3) is 0.133. The van der Waals surface area contributed by atoms with Crippen molar-refractivity contribution >= 4 is 22.9 Å². The van der Waals surface area contributed by atoms with Crippen LogP contribution in [0.2, 0.25) is 0 Å². The molecule has 0 aliphatic carbocycles. The van der Waals surface area contributed by atoms with Gasteiger partial charge < -0.3 is 0 Å². The molecule has 0 unspecified atom stereocenters. The van der Waals surface area contributed by atoms with Gasteiger partial charge in [0.25, 0.3) is 0 Å². The normalized spacial score (nSPS) is 11.0. The highest BCUT2D eigenvalue weighted by Gasteiger charge is 2.06. The molecule has 0 spiro atoms. The second-order valence-corrected chi connectivity index (χ2v) is 5.48. The Labute approximate surface area is 111 Å². The highest BCUT2D eigenvalue weighted by atomic mass is 32.2. The monoisotopic (exact) mass is 254 g/mol. The molecule has 0 saturated carbocycles. The molecule has 0 aliphatic rings. The first kappa shape index (κ1) is 11.4. The van der Waals surface area contributed by atoms with E-state index in [4.69, 9.17) is 0 Å². The number of pyridine rings is 1. The predicted molar refractivity (Wildman–Crippen MR) is 76.9 cm³/mol. The van der Waals surface area contributed by atoms with Gasteiger partial charge in [0, 0.05) is 22.7 Å². The van der Waals surface area contributed by atoms with E-state index in [1.54, 1.807) is 11.9 Å². The number of aryl methyl sites for hydroxylation is 2. The molecule has 3 aromatic rings. The van der Waals surface area contributed by atoms with Gasteiger partial charge in [0.2, 0.25) is 0 Å². The summed E-state index contributed by atoms with van der Waals surface area (Å²) in [6.07, 6.45) is 5.93. The predicted octanol–water partition coefficient (Wildman–Crippen LogP) is 4.21. The Morgan fingerprint density at radius 2 is 1.83 bits per heavy atom. The quantitative estimate of drug-likeness (QED) is 0.682. The number of nitrogens with zero attached hydrogens (tertiary/aromatic N) is 2. The summed E-state index contributed by atoms with van der Waals surface area (Å²) in [5, 5.41) is 1.27. The standard InChI is InChI=1S/C15H14N2S/c1-11-3-5-13(6-4-11)18-17-10-12(2)14-7-8-16-9-15(14)17/h3-10H,1-2H3. The minimum Gasteiger partial charge on any atom is -0.285 e. The van der Waals surface area contributed by atoms with Crippen LogP contribution in [0, 0.1) is 13.8 Å². The summed E-state index contributed by atoms with van der Waals surface area (Å²) in [7, 11) is 0. The number of hydrogen-bond donors (Lipinski definition) is 0. The van der Waals surface area contributed by atoms with Crippen LogP contribution in [0.1, 0.15) is 11.1 Å². The second-order valence-electron chi connectivity index (χ2n) is 4.44. The van der Waals surface area contributed by atoms with Crippen LogP contribution in [0.3, 0.4) is 0 Å². The van der Waals surface area contributed by atoms with Gasteiger partial charge in [0.05, 0.1) is 11.7 Å². The molecule has 90 valence electrons. The Morgan fingerprint density at radius 3 is 2.61 bits per heavy atom. The van der Waals surface area contributed by atoms with Crippen molar-refractivity contribution in [1.29, 1.82) is 0 Å². The Hall–Kier alpha value is -1.74. The molecule has 0 radical (unpaired) electrons. The molecule has 2 nitrogen and oxygen atoms in total. The number of hydrogen-bond acceptors (Lipinski definition) is 2. The van der Waals surface area contributed by atoms with Crippen molar-refractivity contribution in [3.8, 4) is 0 Å². The highest BCUT2D eigenvalue weighted by molar-refractivity contribution is 7.98. The molecule has 2 aromatic heterocycles. The van der Waals surface area contributed by atoms with Crippen LogP contribution < -0.4 is 0 Å². The Kier molecular flexibility index (Phi) is 2.84. The second kappa shape index (κ2) is 4.50. The molecule has 0 bridgehead atoms. The zero-order valence-corrected chi connectivity index (χ0v) is 11.2. The number of benzene rings is 1. The van der Waals surface area contributed by atoms with E-state index < -0.39 is 0 Å². The van der Waals surface area contributed by atoms with E-state index in [1.807, 2.05) is 12.4 Å². The summed E-state index contributed by atoms with van der Waals surface area (Å²) in [6, 6.07) is 10.6. The molecule has 0 fully saturated rings. The minimum atomic E-state index is 1.17. The molecule has 0 atom stereocenters. The molecule has 2 heterocycles. The van der Waals surface area contributed by atoms with Gasteiger partial charge in [-0.2, -0.15) is 0 Å². The molecular weight excluding hydrogens is 240 g/mol. The summed E-state index contributed by atoms with van der Waals surface area (Å²) in [5.74, 6) is 0. The maximum absolute atomic E-state index is 4.21. The Bertz CT molecular complexity index is 683. The summed E-state index contributed by atoms with van der Waals surface area (Å²) in [5.41, 5.74) is 3.74. The molecule has 18 heavy (non-hydrogen) atoms. The van der Waals surface area contributed by atoms with Crippen LogP contribution in [0.25, 0.3) is 10.9 Å². The summed E-state index contributed by atoms with van der Waals surface area (Å²) in [6.45, 7) is 4.24. The van der Waals surface area contributed by atoms with Gasteiger partial charge in [0.1, 0.15) is 0 Å². The lowest BCUT2D eigenvalue weighted by Crippen LogP contribution is -1.85. The van der Waals surface area contributed by atoms with Crippen molar-refractivity contribution in [2.45, 2.75) is 18.7 Å². The lowest BCUT2D eigenvalue weighted by atomic mass is 10.2. The van der Waals surface area contributed by atoms with Crippen molar-refractivity contribution < 1.29 is 0 Å². The molecular formula is C15H14N2S. The van der Waals surface area contributed by atoms with Gasteiger partial charge in [0.15, 0.2) is 0 Å². The van der Waals surface area contributed by atoms with Gasteiger partial charge in [-0.05, 0) is 49.6 Å². The van der Waals surface area contributed by atoms with Crippen molar-refractivity contribution in [3.05, 3.63) is 60.0 Å².